The lowest BCUT2D eigenvalue weighted by Crippen LogP contribution is -2.07. The van der Waals surface area contributed by atoms with Gasteiger partial charge in [0.1, 0.15) is 0 Å². The lowest BCUT2D eigenvalue weighted by Gasteiger charge is -2.11. The van der Waals surface area contributed by atoms with Gasteiger partial charge < -0.3 is 0 Å². The summed E-state index contributed by atoms with van der Waals surface area (Å²) < 4.78 is 30.9. The summed E-state index contributed by atoms with van der Waals surface area (Å²) in [4.78, 5) is 5.48. The Morgan fingerprint density at radius 1 is 0.676 bits per heavy atom. The van der Waals surface area contributed by atoms with Gasteiger partial charge in [-0.05, 0) is 86.7 Å². The van der Waals surface area contributed by atoms with E-state index in [-0.39, 0.29) is 11.5 Å². The van der Waals surface area contributed by atoms with Crippen molar-refractivity contribution in [2.24, 2.45) is 0 Å². The average molecular weight is 511 g/mol. The molecular weight excluding hydrogens is 481 g/mol. The molecule has 0 amide bonds. The number of hydrogen-bond acceptors (Lipinski definition) is 5. The average Bonchev–Trinajstić information content (AvgIpc) is 3.25. The number of thiophene rings is 2. The van der Waals surface area contributed by atoms with E-state index in [1.165, 1.54) is 41.8 Å². The Morgan fingerprint density at radius 2 is 1.15 bits per heavy atom. The Hall–Kier alpha value is -2.25. The minimum Gasteiger partial charge on any atom is -0.262 e. The van der Waals surface area contributed by atoms with Crippen molar-refractivity contribution in [2.45, 2.75) is 59.0 Å². The largest absolute Gasteiger partial charge is 0.297 e. The van der Waals surface area contributed by atoms with E-state index in [0.717, 1.165) is 24.0 Å². The van der Waals surface area contributed by atoms with E-state index >= 15 is 0 Å². The molecule has 0 aliphatic carbocycles. The molecule has 6 heteroatoms. The molecule has 34 heavy (non-hydrogen) atoms. The Kier molecular flexibility index (Phi) is 7.43. The molecule has 0 radical (unpaired) electrons. The third-order valence-corrected chi connectivity index (χ3v) is 9.58. The molecule has 4 aromatic rings. The summed E-state index contributed by atoms with van der Waals surface area (Å²) >= 11 is 3.64. The molecule has 178 valence electrons. The molecule has 4 rings (SSSR count). The van der Waals surface area contributed by atoms with Crippen molar-refractivity contribution in [1.29, 1.82) is 0 Å². The molecule has 2 heterocycles. The van der Waals surface area contributed by atoms with Crippen molar-refractivity contribution >= 4 is 32.8 Å². The zero-order valence-electron chi connectivity index (χ0n) is 20.3. The van der Waals surface area contributed by atoms with Gasteiger partial charge in [-0.25, -0.2) is 0 Å². The van der Waals surface area contributed by atoms with E-state index in [0.29, 0.717) is 0 Å². The van der Waals surface area contributed by atoms with Gasteiger partial charge in [-0.3, -0.25) is 4.18 Å². The lowest BCUT2D eigenvalue weighted by atomic mass is 10.0. The first kappa shape index (κ1) is 24.9. The quantitative estimate of drug-likeness (QED) is 0.231. The van der Waals surface area contributed by atoms with Gasteiger partial charge in [-0.2, -0.15) is 8.42 Å². The minimum absolute atomic E-state index is 0.0159. The normalized spacial score (nSPS) is 11.8. The molecule has 2 aromatic carbocycles. The van der Waals surface area contributed by atoms with E-state index in [1.807, 2.05) is 29.6 Å². The Balaban J connectivity index is 1.60. The maximum Gasteiger partial charge on any atom is 0.297 e. The van der Waals surface area contributed by atoms with Gasteiger partial charge in [0, 0.05) is 32.4 Å². The second-order valence-corrected chi connectivity index (χ2v) is 13.2. The Labute approximate surface area is 211 Å². The van der Waals surface area contributed by atoms with Crippen LogP contribution >= 0.6 is 22.7 Å². The molecule has 0 N–H and O–H groups in total. The highest BCUT2D eigenvalue weighted by atomic mass is 32.2. The maximum atomic E-state index is 12.7. The van der Waals surface area contributed by atoms with E-state index in [2.05, 4.69) is 58.0 Å². The summed E-state index contributed by atoms with van der Waals surface area (Å²) in [5.41, 5.74) is 6.86. The summed E-state index contributed by atoms with van der Waals surface area (Å²) in [6.45, 7) is 10.5. The van der Waals surface area contributed by atoms with Crippen LogP contribution in [-0.4, -0.2) is 8.42 Å². The molecule has 0 fully saturated rings. The third-order valence-electron chi connectivity index (χ3n) is 5.99. The molecule has 0 bridgehead atoms. The predicted octanol–water partition coefficient (Wildman–Crippen LogP) is 7.44. The summed E-state index contributed by atoms with van der Waals surface area (Å²) in [5, 5.41) is 0. The zero-order valence-corrected chi connectivity index (χ0v) is 22.7. The second-order valence-electron chi connectivity index (χ2n) is 8.94. The first-order chi connectivity index (χ1) is 16.1. The summed E-state index contributed by atoms with van der Waals surface area (Å²) in [6.07, 6.45) is 1.65. The first-order valence-corrected chi connectivity index (χ1v) is 14.3. The van der Waals surface area contributed by atoms with Crippen molar-refractivity contribution in [3.8, 4) is 0 Å². The van der Waals surface area contributed by atoms with Crippen LogP contribution in [0.3, 0.4) is 0 Å². The van der Waals surface area contributed by atoms with Crippen LogP contribution in [0.4, 0.5) is 0 Å². The zero-order chi connectivity index (χ0) is 24.5. The number of aryl methyl sites for hydroxylation is 5. The molecule has 0 saturated carbocycles. The fourth-order valence-electron chi connectivity index (χ4n) is 3.92. The third kappa shape index (κ3) is 6.05. The molecule has 0 unspecified atom stereocenters. The molecule has 3 nitrogen and oxygen atoms in total. The molecule has 0 aliphatic rings. The molecule has 0 spiro atoms. The lowest BCUT2D eigenvalue weighted by molar-refractivity contribution is 0.308. The van der Waals surface area contributed by atoms with Gasteiger partial charge >= 0.3 is 0 Å². The number of hydrogen-bond donors (Lipinski definition) is 0. The van der Waals surface area contributed by atoms with Crippen molar-refractivity contribution in [2.75, 3.05) is 0 Å². The highest BCUT2D eigenvalue weighted by Crippen LogP contribution is 2.27. The molecule has 0 saturated heterocycles. The standard InChI is InChI=1S/C28H30O3S3/c1-18-6-8-28(9-7-18)34(29,30)31-17-25-13-23(15-26-10-19(2)21(4)32-26)12-24(14-25)16-27-11-20(3)22(5)33-27/h6-14H,15-17H2,1-5H3. The van der Waals surface area contributed by atoms with Gasteiger partial charge in [0.25, 0.3) is 10.1 Å². The summed E-state index contributed by atoms with van der Waals surface area (Å²) in [6, 6.07) is 17.6. The molecule has 2 aromatic heterocycles. The van der Waals surface area contributed by atoms with Crippen molar-refractivity contribution in [3.05, 3.63) is 107 Å². The molecular formula is C28H30O3S3. The van der Waals surface area contributed by atoms with Crippen molar-refractivity contribution < 1.29 is 12.6 Å². The van der Waals surface area contributed by atoms with Crippen LogP contribution in [-0.2, 0) is 33.7 Å². The van der Waals surface area contributed by atoms with E-state index in [9.17, 15) is 8.42 Å². The van der Waals surface area contributed by atoms with Crippen LogP contribution in [0.25, 0.3) is 0 Å². The van der Waals surface area contributed by atoms with Crippen LogP contribution < -0.4 is 0 Å². The highest BCUT2D eigenvalue weighted by molar-refractivity contribution is 7.86. The van der Waals surface area contributed by atoms with Crippen LogP contribution in [0, 0.1) is 34.6 Å². The first-order valence-electron chi connectivity index (χ1n) is 11.3. The smallest absolute Gasteiger partial charge is 0.262 e. The summed E-state index contributed by atoms with van der Waals surface area (Å²) in [7, 11) is -3.82. The second kappa shape index (κ2) is 10.2. The maximum absolute atomic E-state index is 12.7. The topological polar surface area (TPSA) is 43.4 Å². The molecule has 0 atom stereocenters. The fraction of sp³-hybridized carbons (Fsp3) is 0.286. The summed E-state index contributed by atoms with van der Waals surface area (Å²) in [5.74, 6) is 0. The molecule has 0 aliphatic heterocycles. The van der Waals surface area contributed by atoms with Gasteiger partial charge in [0.15, 0.2) is 0 Å². The van der Waals surface area contributed by atoms with Gasteiger partial charge in [-0.15, -0.1) is 22.7 Å². The van der Waals surface area contributed by atoms with E-state index in [1.54, 1.807) is 24.3 Å². The Bertz CT molecular complexity index is 1300. The van der Waals surface area contributed by atoms with Gasteiger partial charge in [0.2, 0.25) is 0 Å². The SMILES string of the molecule is Cc1ccc(S(=O)(=O)OCc2cc(Cc3cc(C)c(C)s3)cc(Cc3cc(C)c(C)s3)c2)cc1. The van der Waals surface area contributed by atoms with Crippen molar-refractivity contribution in [1.82, 2.24) is 0 Å². The monoisotopic (exact) mass is 510 g/mol. The van der Waals surface area contributed by atoms with Crippen LogP contribution in [0.15, 0.2) is 59.5 Å². The van der Waals surface area contributed by atoms with Crippen LogP contribution in [0.5, 0.6) is 0 Å². The predicted molar refractivity (Wildman–Crippen MR) is 143 cm³/mol. The fourth-order valence-corrected chi connectivity index (χ4v) is 6.99. The number of rotatable bonds is 8. The number of benzene rings is 2. The van der Waals surface area contributed by atoms with Crippen LogP contribution in [0.1, 0.15) is 52.9 Å². The Morgan fingerprint density at radius 3 is 1.59 bits per heavy atom. The highest BCUT2D eigenvalue weighted by Gasteiger charge is 2.16. The van der Waals surface area contributed by atoms with E-state index in [4.69, 9.17) is 4.18 Å². The van der Waals surface area contributed by atoms with Gasteiger partial charge in [0.05, 0.1) is 11.5 Å². The van der Waals surface area contributed by atoms with E-state index < -0.39 is 10.1 Å². The van der Waals surface area contributed by atoms with Gasteiger partial charge in [-0.1, -0.05) is 35.9 Å². The van der Waals surface area contributed by atoms with Crippen molar-refractivity contribution in [3.63, 3.8) is 0 Å². The minimum atomic E-state index is -3.82. The van der Waals surface area contributed by atoms with Crippen LogP contribution in [0.2, 0.25) is 0 Å².